The SMILES string of the molecule is CCCC[C@H](C)/C=C(/C)[Si](C)(C)COC[C@@H](OC)c1ccccc1. The van der Waals surface area contributed by atoms with Crippen molar-refractivity contribution in [1.29, 1.82) is 0 Å². The lowest BCUT2D eigenvalue weighted by Crippen LogP contribution is -2.36. The number of hydrogen-bond donors (Lipinski definition) is 0. The zero-order chi connectivity index (χ0) is 18.0. The van der Waals surface area contributed by atoms with Gasteiger partial charge < -0.3 is 9.47 Å². The predicted octanol–water partition coefficient (Wildman–Crippen LogP) is 5.95. The van der Waals surface area contributed by atoms with Crippen LogP contribution in [0.1, 0.15) is 51.7 Å². The molecule has 0 radical (unpaired) electrons. The summed E-state index contributed by atoms with van der Waals surface area (Å²) in [6.45, 7) is 12.3. The smallest absolute Gasteiger partial charge is 0.105 e. The van der Waals surface area contributed by atoms with E-state index in [2.05, 4.69) is 52.1 Å². The second-order valence-corrected chi connectivity index (χ2v) is 12.3. The average Bonchev–Trinajstić information content (AvgIpc) is 2.57. The van der Waals surface area contributed by atoms with E-state index in [-0.39, 0.29) is 6.10 Å². The first-order valence-corrected chi connectivity index (χ1v) is 12.5. The molecular formula is C21H36O2Si. The number of allylic oxidation sites excluding steroid dienone is 2. The van der Waals surface area contributed by atoms with Gasteiger partial charge in [0.2, 0.25) is 0 Å². The first kappa shape index (κ1) is 21.1. The zero-order valence-corrected chi connectivity index (χ0v) is 17.5. The maximum Gasteiger partial charge on any atom is 0.105 e. The van der Waals surface area contributed by atoms with E-state index in [0.717, 1.165) is 6.23 Å². The Balaban J connectivity index is 2.53. The van der Waals surface area contributed by atoms with E-state index in [1.807, 2.05) is 18.2 Å². The van der Waals surface area contributed by atoms with Crippen LogP contribution >= 0.6 is 0 Å². The van der Waals surface area contributed by atoms with Gasteiger partial charge in [0.25, 0.3) is 0 Å². The number of benzene rings is 1. The van der Waals surface area contributed by atoms with Crippen molar-refractivity contribution in [3.8, 4) is 0 Å². The number of rotatable bonds is 11. The van der Waals surface area contributed by atoms with Crippen LogP contribution in [-0.2, 0) is 9.47 Å². The van der Waals surface area contributed by atoms with Crippen LogP contribution < -0.4 is 0 Å². The van der Waals surface area contributed by atoms with Gasteiger partial charge in [-0.15, -0.1) is 0 Å². The van der Waals surface area contributed by atoms with E-state index >= 15 is 0 Å². The van der Waals surface area contributed by atoms with Gasteiger partial charge in [-0.3, -0.25) is 0 Å². The Morgan fingerprint density at radius 2 is 1.88 bits per heavy atom. The molecule has 1 aromatic rings. The lowest BCUT2D eigenvalue weighted by atomic mass is 10.0. The van der Waals surface area contributed by atoms with Crippen LogP contribution in [0.4, 0.5) is 0 Å². The molecule has 0 N–H and O–H groups in total. The van der Waals surface area contributed by atoms with Gasteiger partial charge in [0.15, 0.2) is 0 Å². The van der Waals surface area contributed by atoms with Crippen LogP contribution in [0.3, 0.4) is 0 Å². The lowest BCUT2D eigenvalue weighted by Gasteiger charge is -2.26. The van der Waals surface area contributed by atoms with Crippen molar-refractivity contribution in [3.63, 3.8) is 0 Å². The molecule has 136 valence electrons. The predicted molar refractivity (Wildman–Crippen MR) is 107 cm³/mol. The molecule has 24 heavy (non-hydrogen) atoms. The van der Waals surface area contributed by atoms with E-state index in [0.29, 0.717) is 12.5 Å². The van der Waals surface area contributed by atoms with Crippen LogP contribution in [0.5, 0.6) is 0 Å². The van der Waals surface area contributed by atoms with Crippen LogP contribution in [0.15, 0.2) is 41.6 Å². The highest BCUT2D eigenvalue weighted by molar-refractivity contribution is 6.84. The molecular weight excluding hydrogens is 312 g/mol. The van der Waals surface area contributed by atoms with Crippen LogP contribution in [0, 0.1) is 5.92 Å². The Hall–Kier alpha value is -0.903. The van der Waals surface area contributed by atoms with Gasteiger partial charge in [0.05, 0.1) is 6.61 Å². The molecule has 0 aromatic heterocycles. The summed E-state index contributed by atoms with van der Waals surface area (Å²) < 4.78 is 11.7. The molecule has 0 aliphatic rings. The Morgan fingerprint density at radius 3 is 2.46 bits per heavy atom. The van der Waals surface area contributed by atoms with Crippen molar-refractivity contribution < 1.29 is 9.47 Å². The summed E-state index contributed by atoms with van der Waals surface area (Å²) in [4.78, 5) is 0. The third kappa shape index (κ3) is 7.33. The maximum absolute atomic E-state index is 6.09. The highest BCUT2D eigenvalue weighted by atomic mass is 28.3. The number of methoxy groups -OCH3 is 1. The molecule has 1 aromatic carbocycles. The van der Waals surface area contributed by atoms with Crippen molar-refractivity contribution in [1.82, 2.24) is 0 Å². The fraction of sp³-hybridized carbons (Fsp3) is 0.619. The zero-order valence-electron chi connectivity index (χ0n) is 16.5. The fourth-order valence-corrected chi connectivity index (χ4v) is 4.36. The van der Waals surface area contributed by atoms with Crippen molar-refractivity contribution in [2.75, 3.05) is 19.9 Å². The summed E-state index contributed by atoms with van der Waals surface area (Å²) in [6.07, 6.45) is 7.23. The summed E-state index contributed by atoms with van der Waals surface area (Å²) >= 11 is 0. The van der Waals surface area contributed by atoms with E-state index in [1.54, 1.807) is 12.3 Å². The number of ether oxygens (including phenoxy) is 2. The number of unbranched alkanes of at least 4 members (excludes halogenated alkanes) is 1. The second-order valence-electron chi connectivity index (χ2n) is 7.50. The Kier molecular flexibility index (Phi) is 9.56. The molecule has 3 heteroatoms. The molecule has 1 rings (SSSR count). The van der Waals surface area contributed by atoms with Crippen molar-refractivity contribution in [2.24, 2.45) is 5.92 Å². The van der Waals surface area contributed by atoms with Gasteiger partial charge in [0.1, 0.15) is 14.2 Å². The molecule has 2 atom stereocenters. The van der Waals surface area contributed by atoms with Gasteiger partial charge in [-0.05, 0) is 24.8 Å². The molecule has 0 aliphatic heterocycles. The molecule has 0 saturated carbocycles. The van der Waals surface area contributed by atoms with E-state index < -0.39 is 8.07 Å². The monoisotopic (exact) mass is 348 g/mol. The fourth-order valence-electron chi connectivity index (χ4n) is 2.76. The van der Waals surface area contributed by atoms with Gasteiger partial charge in [0, 0.05) is 13.3 Å². The summed E-state index contributed by atoms with van der Waals surface area (Å²) in [5, 5.41) is 1.56. The molecule has 0 bridgehead atoms. The highest BCUT2D eigenvalue weighted by Crippen LogP contribution is 2.21. The summed E-state index contributed by atoms with van der Waals surface area (Å²) in [5.41, 5.74) is 1.18. The highest BCUT2D eigenvalue weighted by Gasteiger charge is 2.24. The average molecular weight is 349 g/mol. The molecule has 0 saturated heterocycles. The normalized spacial score (nSPS) is 15.3. The van der Waals surface area contributed by atoms with Gasteiger partial charge in [-0.2, -0.15) is 0 Å². The van der Waals surface area contributed by atoms with E-state index in [1.165, 1.54) is 24.8 Å². The van der Waals surface area contributed by atoms with E-state index in [9.17, 15) is 0 Å². The first-order valence-electron chi connectivity index (χ1n) is 9.25. The van der Waals surface area contributed by atoms with Crippen LogP contribution in [0.2, 0.25) is 13.1 Å². The molecule has 0 aliphatic carbocycles. The minimum atomic E-state index is -1.51. The van der Waals surface area contributed by atoms with Crippen molar-refractivity contribution in [2.45, 2.75) is 59.2 Å². The first-order chi connectivity index (χ1) is 11.4. The Bertz CT molecular complexity index is 482. The third-order valence-corrected chi connectivity index (χ3v) is 8.03. The number of hydrogen-bond acceptors (Lipinski definition) is 2. The largest absolute Gasteiger partial charge is 0.381 e. The molecule has 0 heterocycles. The summed E-state index contributed by atoms with van der Waals surface area (Å²) in [6, 6.07) is 10.3. The molecule has 0 unspecified atom stereocenters. The van der Waals surface area contributed by atoms with Gasteiger partial charge in [-0.25, -0.2) is 0 Å². The summed E-state index contributed by atoms with van der Waals surface area (Å²) in [7, 11) is 0.248. The molecule has 0 amide bonds. The standard InChI is InChI=1S/C21H36O2Si/c1-7-8-12-18(2)15-19(3)24(5,6)17-23-16-21(22-4)20-13-10-9-11-14-20/h9-11,13-15,18,21H,7-8,12,16-17H2,1-6H3/b19-15-/t18-,21+/m0/s1. The lowest BCUT2D eigenvalue weighted by molar-refractivity contribution is 0.0199. The third-order valence-electron chi connectivity index (χ3n) is 4.80. The molecule has 2 nitrogen and oxygen atoms in total. The van der Waals surface area contributed by atoms with Crippen LogP contribution in [0.25, 0.3) is 0 Å². The minimum Gasteiger partial charge on any atom is -0.381 e. The van der Waals surface area contributed by atoms with Gasteiger partial charge in [-0.1, -0.05) is 81.4 Å². The topological polar surface area (TPSA) is 18.5 Å². The maximum atomic E-state index is 6.09. The quantitative estimate of drug-likeness (QED) is 0.460. The van der Waals surface area contributed by atoms with Crippen LogP contribution in [-0.4, -0.2) is 28.0 Å². The van der Waals surface area contributed by atoms with Gasteiger partial charge >= 0.3 is 0 Å². The van der Waals surface area contributed by atoms with Crippen molar-refractivity contribution >= 4 is 8.07 Å². The van der Waals surface area contributed by atoms with Crippen molar-refractivity contribution in [3.05, 3.63) is 47.2 Å². The molecule has 0 fully saturated rings. The molecule has 0 spiro atoms. The minimum absolute atomic E-state index is 0.0174. The summed E-state index contributed by atoms with van der Waals surface area (Å²) in [5.74, 6) is 0.674. The second kappa shape index (κ2) is 10.9. The van der Waals surface area contributed by atoms with E-state index in [4.69, 9.17) is 9.47 Å². The Morgan fingerprint density at radius 1 is 1.21 bits per heavy atom. The Labute approximate surface area is 150 Å².